The first-order valence-electron chi connectivity index (χ1n) is 7.54. The molecular formula is C19H20O4. The first kappa shape index (κ1) is 16.7. The van der Waals surface area contributed by atoms with Gasteiger partial charge in [0.25, 0.3) is 0 Å². The molecular weight excluding hydrogens is 292 g/mol. The Labute approximate surface area is 135 Å². The molecule has 2 rings (SSSR count). The standard InChI is InChI=1S/C19H20O4/c1-4-13(14-7-5-9-16(22)18(14)11(2)20)15-8-6-10-17(23)19(15)12(3)21/h5-10,13,22-23H,4H2,1-3H3. The van der Waals surface area contributed by atoms with Crippen LogP contribution in [0.15, 0.2) is 36.4 Å². The molecule has 0 saturated carbocycles. The van der Waals surface area contributed by atoms with Gasteiger partial charge in [-0.1, -0.05) is 31.2 Å². The van der Waals surface area contributed by atoms with Crippen LogP contribution in [0.5, 0.6) is 11.5 Å². The second kappa shape index (κ2) is 6.65. The fraction of sp³-hybridized carbons (Fsp3) is 0.263. The van der Waals surface area contributed by atoms with Crippen LogP contribution in [0.2, 0.25) is 0 Å². The lowest BCUT2D eigenvalue weighted by Crippen LogP contribution is -2.11. The smallest absolute Gasteiger partial charge is 0.163 e. The Balaban J connectivity index is 2.73. The van der Waals surface area contributed by atoms with Crippen molar-refractivity contribution in [1.29, 1.82) is 0 Å². The predicted octanol–water partition coefficient (Wildman–Crippen LogP) is 4.04. The van der Waals surface area contributed by atoms with Gasteiger partial charge in [0.1, 0.15) is 11.5 Å². The van der Waals surface area contributed by atoms with Crippen LogP contribution in [0.4, 0.5) is 0 Å². The highest BCUT2D eigenvalue weighted by atomic mass is 16.3. The first-order valence-corrected chi connectivity index (χ1v) is 7.54. The van der Waals surface area contributed by atoms with Crippen molar-refractivity contribution in [3.63, 3.8) is 0 Å². The highest BCUT2D eigenvalue weighted by Gasteiger charge is 2.25. The quantitative estimate of drug-likeness (QED) is 0.817. The van der Waals surface area contributed by atoms with E-state index < -0.39 is 0 Å². The van der Waals surface area contributed by atoms with Gasteiger partial charge in [-0.05, 0) is 43.5 Å². The van der Waals surface area contributed by atoms with Gasteiger partial charge in [0.2, 0.25) is 0 Å². The normalized spacial score (nSPS) is 10.8. The number of hydrogen-bond acceptors (Lipinski definition) is 4. The van der Waals surface area contributed by atoms with Crippen LogP contribution in [0.1, 0.15) is 65.0 Å². The molecule has 120 valence electrons. The minimum atomic E-state index is -0.271. The van der Waals surface area contributed by atoms with Gasteiger partial charge in [-0.25, -0.2) is 0 Å². The summed E-state index contributed by atoms with van der Waals surface area (Å²) in [6.45, 7) is 4.74. The summed E-state index contributed by atoms with van der Waals surface area (Å²) in [6, 6.07) is 9.85. The Morgan fingerprint density at radius 3 is 1.57 bits per heavy atom. The van der Waals surface area contributed by atoms with Gasteiger partial charge in [-0.3, -0.25) is 9.59 Å². The van der Waals surface area contributed by atoms with Crippen LogP contribution >= 0.6 is 0 Å². The summed E-state index contributed by atoms with van der Waals surface area (Å²) < 4.78 is 0. The highest BCUT2D eigenvalue weighted by molar-refractivity contribution is 6.00. The lowest BCUT2D eigenvalue weighted by molar-refractivity contribution is 0.100. The number of carbonyl (C=O) groups excluding carboxylic acids is 2. The summed E-state index contributed by atoms with van der Waals surface area (Å²) in [5.74, 6) is -0.884. The number of benzene rings is 2. The molecule has 0 atom stereocenters. The van der Waals surface area contributed by atoms with Gasteiger partial charge in [-0.15, -0.1) is 0 Å². The van der Waals surface area contributed by atoms with E-state index in [1.165, 1.54) is 26.0 Å². The van der Waals surface area contributed by atoms with E-state index >= 15 is 0 Å². The third kappa shape index (κ3) is 3.11. The maximum atomic E-state index is 11.9. The van der Waals surface area contributed by atoms with Crippen LogP contribution in [-0.4, -0.2) is 21.8 Å². The Kier molecular flexibility index (Phi) is 4.84. The summed E-state index contributed by atoms with van der Waals surface area (Å²) in [4.78, 5) is 23.9. The van der Waals surface area contributed by atoms with Crippen LogP contribution < -0.4 is 0 Å². The zero-order valence-corrected chi connectivity index (χ0v) is 13.5. The minimum Gasteiger partial charge on any atom is -0.507 e. The monoisotopic (exact) mass is 312 g/mol. The molecule has 0 heterocycles. The third-order valence-electron chi connectivity index (χ3n) is 4.01. The Bertz CT molecular complexity index is 698. The molecule has 0 spiro atoms. The summed E-state index contributed by atoms with van der Waals surface area (Å²) in [5.41, 5.74) is 1.84. The lowest BCUT2D eigenvalue weighted by atomic mass is 9.82. The van der Waals surface area contributed by atoms with E-state index in [-0.39, 0.29) is 40.1 Å². The second-order valence-corrected chi connectivity index (χ2v) is 5.56. The van der Waals surface area contributed by atoms with E-state index in [1.54, 1.807) is 24.3 Å². The highest BCUT2D eigenvalue weighted by Crippen LogP contribution is 2.38. The Morgan fingerprint density at radius 2 is 1.26 bits per heavy atom. The van der Waals surface area contributed by atoms with Crippen molar-refractivity contribution in [2.24, 2.45) is 0 Å². The molecule has 0 aromatic heterocycles. The van der Waals surface area contributed by atoms with E-state index in [2.05, 4.69) is 0 Å². The molecule has 0 aliphatic rings. The second-order valence-electron chi connectivity index (χ2n) is 5.56. The maximum absolute atomic E-state index is 11.9. The molecule has 0 aliphatic carbocycles. The first-order chi connectivity index (χ1) is 10.9. The van der Waals surface area contributed by atoms with Gasteiger partial charge in [-0.2, -0.15) is 0 Å². The summed E-state index contributed by atoms with van der Waals surface area (Å²) in [7, 11) is 0. The molecule has 0 saturated heterocycles. The number of phenolic OH excluding ortho intramolecular Hbond substituents is 2. The molecule has 4 heteroatoms. The number of rotatable bonds is 5. The van der Waals surface area contributed by atoms with Crippen molar-refractivity contribution in [3.8, 4) is 11.5 Å². The zero-order valence-electron chi connectivity index (χ0n) is 13.5. The molecule has 0 unspecified atom stereocenters. The molecule has 0 bridgehead atoms. The molecule has 0 fully saturated rings. The Hall–Kier alpha value is -2.62. The largest absolute Gasteiger partial charge is 0.507 e. The molecule has 2 N–H and O–H groups in total. The van der Waals surface area contributed by atoms with Crippen molar-refractivity contribution in [2.45, 2.75) is 33.1 Å². The fourth-order valence-corrected chi connectivity index (χ4v) is 3.07. The third-order valence-corrected chi connectivity index (χ3v) is 4.01. The average molecular weight is 312 g/mol. The zero-order chi connectivity index (χ0) is 17.1. The van der Waals surface area contributed by atoms with Crippen LogP contribution in [0.25, 0.3) is 0 Å². The van der Waals surface area contributed by atoms with Crippen LogP contribution in [-0.2, 0) is 0 Å². The number of ketones is 2. The molecule has 4 nitrogen and oxygen atoms in total. The maximum Gasteiger partial charge on any atom is 0.163 e. The predicted molar refractivity (Wildman–Crippen MR) is 88.4 cm³/mol. The number of phenols is 2. The van der Waals surface area contributed by atoms with E-state index in [0.29, 0.717) is 17.5 Å². The van der Waals surface area contributed by atoms with Gasteiger partial charge < -0.3 is 10.2 Å². The summed E-state index contributed by atoms with van der Waals surface area (Å²) in [6.07, 6.45) is 0.619. The van der Waals surface area contributed by atoms with Crippen molar-refractivity contribution >= 4 is 11.6 Å². The van der Waals surface area contributed by atoms with Gasteiger partial charge in [0, 0.05) is 5.92 Å². The topological polar surface area (TPSA) is 74.6 Å². The van der Waals surface area contributed by atoms with Gasteiger partial charge in [0.05, 0.1) is 11.1 Å². The minimum absolute atomic E-state index is 0.0713. The lowest BCUT2D eigenvalue weighted by Gasteiger charge is -2.22. The van der Waals surface area contributed by atoms with Crippen molar-refractivity contribution < 1.29 is 19.8 Å². The average Bonchev–Trinajstić information content (AvgIpc) is 2.47. The van der Waals surface area contributed by atoms with Crippen LogP contribution in [0.3, 0.4) is 0 Å². The van der Waals surface area contributed by atoms with Gasteiger partial charge >= 0.3 is 0 Å². The number of carbonyl (C=O) groups is 2. The van der Waals surface area contributed by atoms with Gasteiger partial charge in [0.15, 0.2) is 11.6 Å². The van der Waals surface area contributed by atoms with E-state index in [9.17, 15) is 19.8 Å². The molecule has 2 aromatic rings. The molecule has 23 heavy (non-hydrogen) atoms. The van der Waals surface area contributed by atoms with Crippen molar-refractivity contribution in [2.75, 3.05) is 0 Å². The molecule has 0 radical (unpaired) electrons. The molecule has 0 aliphatic heterocycles. The van der Waals surface area contributed by atoms with E-state index in [4.69, 9.17) is 0 Å². The van der Waals surface area contributed by atoms with Crippen LogP contribution in [0, 0.1) is 0 Å². The number of aromatic hydroxyl groups is 2. The Morgan fingerprint density at radius 1 is 0.870 bits per heavy atom. The SMILES string of the molecule is CCC(c1cccc(O)c1C(C)=O)c1cccc(O)c1C(C)=O. The van der Waals surface area contributed by atoms with E-state index in [0.717, 1.165) is 0 Å². The summed E-state index contributed by atoms with van der Waals surface area (Å²) in [5, 5.41) is 20.1. The summed E-state index contributed by atoms with van der Waals surface area (Å²) >= 11 is 0. The van der Waals surface area contributed by atoms with Crippen molar-refractivity contribution in [3.05, 3.63) is 58.7 Å². The fourth-order valence-electron chi connectivity index (χ4n) is 3.07. The molecule has 0 amide bonds. The van der Waals surface area contributed by atoms with E-state index in [1.807, 2.05) is 6.92 Å². The number of hydrogen-bond donors (Lipinski definition) is 2. The number of Topliss-reactive ketones (excluding diaryl/α,β-unsaturated/α-hetero) is 2. The molecule has 2 aromatic carbocycles. The van der Waals surface area contributed by atoms with Crippen molar-refractivity contribution in [1.82, 2.24) is 0 Å².